The molecule has 4 nitrogen and oxygen atoms in total. The standard InChI is InChI=1S/C55H35N3O/c1-4-12-36(13-5-1)39-20-24-41(25-21-39)48-35-49(42-26-22-40(23-27-42)37-14-6-2-7-15-37)58-55(57-48)44-30-28-43(29-31-44)53-52-47-18-10-11-19-51(47)59-54(52)46-33-32-45(34-50(46)56-53)38-16-8-3-9-17-38/h1-35H. The number of rotatable bonds is 7. The summed E-state index contributed by atoms with van der Waals surface area (Å²) in [5.41, 5.74) is 16.1. The molecule has 3 aromatic heterocycles. The molecule has 0 bridgehead atoms. The lowest BCUT2D eigenvalue weighted by Crippen LogP contribution is -1.96. The van der Waals surface area contributed by atoms with Gasteiger partial charge in [-0.15, -0.1) is 0 Å². The molecule has 0 aliphatic heterocycles. The summed E-state index contributed by atoms with van der Waals surface area (Å²) < 4.78 is 6.58. The summed E-state index contributed by atoms with van der Waals surface area (Å²) in [7, 11) is 0. The first-order chi connectivity index (χ1) is 29.2. The number of aromatic nitrogens is 3. The third kappa shape index (κ3) is 6.43. The first-order valence-corrected chi connectivity index (χ1v) is 19.8. The third-order valence-corrected chi connectivity index (χ3v) is 11.1. The van der Waals surface area contributed by atoms with Crippen LogP contribution in [0.2, 0.25) is 0 Å². The summed E-state index contributed by atoms with van der Waals surface area (Å²) in [5.74, 6) is 0.654. The summed E-state index contributed by atoms with van der Waals surface area (Å²) in [6.07, 6.45) is 0. The average molecular weight is 754 g/mol. The molecule has 0 atom stereocenters. The summed E-state index contributed by atoms with van der Waals surface area (Å²) >= 11 is 0. The van der Waals surface area contributed by atoms with E-state index in [4.69, 9.17) is 19.4 Å². The summed E-state index contributed by atoms with van der Waals surface area (Å²) in [5, 5.41) is 3.04. The molecular formula is C55H35N3O. The number of fused-ring (bicyclic) bond motifs is 5. The molecule has 0 aliphatic carbocycles. The minimum Gasteiger partial charge on any atom is -0.455 e. The van der Waals surface area contributed by atoms with Crippen LogP contribution in [0, 0.1) is 0 Å². The van der Waals surface area contributed by atoms with Gasteiger partial charge < -0.3 is 4.42 Å². The molecule has 11 aromatic rings. The normalized spacial score (nSPS) is 11.4. The van der Waals surface area contributed by atoms with E-state index in [0.717, 1.165) is 94.4 Å². The van der Waals surface area contributed by atoms with Gasteiger partial charge in [0, 0.05) is 33.0 Å². The van der Waals surface area contributed by atoms with Crippen LogP contribution in [0.4, 0.5) is 0 Å². The number of pyridine rings is 1. The minimum absolute atomic E-state index is 0.654. The Balaban J connectivity index is 1.02. The Labute approximate surface area is 341 Å². The van der Waals surface area contributed by atoms with Crippen LogP contribution in [0.3, 0.4) is 0 Å². The number of hydrogen-bond acceptors (Lipinski definition) is 4. The highest BCUT2D eigenvalue weighted by Crippen LogP contribution is 2.41. The Morgan fingerprint density at radius 3 is 1.32 bits per heavy atom. The van der Waals surface area contributed by atoms with Gasteiger partial charge in [-0.05, 0) is 57.6 Å². The van der Waals surface area contributed by atoms with E-state index in [1.54, 1.807) is 0 Å². The maximum atomic E-state index is 6.58. The molecule has 0 radical (unpaired) electrons. The Morgan fingerprint density at radius 2 is 0.746 bits per heavy atom. The Hall–Kier alpha value is -7.95. The van der Waals surface area contributed by atoms with Gasteiger partial charge in [0.2, 0.25) is 0 Å². The van der Waals surface area contributed by atoms with Gasteiger partial charge in [-0.3, -0.25) is 0 Å². The predicted octanol–water partition coefficient (Wildman–Crippen LogP) is 14.6. The summed E-state index contributed by atoms with van der Waals surface area (Å²) in [6.45, 7) is 0. The molecule has 0 amide bonds. The van der Waals surface area contributed by atoms with Crippen LogP contribution in [0.5, 0.6) is 0 Å². The zero-order valence-corrected chi connectivity index (χ0v) is 32.0. The van der Waals surface area contributed by atoms with Crippen molar-refractivity contribution in [3.8, 4) is 78.5 Å². The van der Waals surface area contributed by atoms with Crippen molar-refractivity contribution < 1.29 is 4.42 Å². The molecule has 0 N–H and O–H groups in total. The van der Waals surface area contributed by atoms with E-state index in [1.165, 1.54) is 11.1 Å². The van der Waals surface area contributed by atoms with Crippen LogP contribution in [-0.2, 0) is 0 Å². The number of nitrogens with zero attached hydrogens (tertiary/aromatic N) is 3. The van der Waals surface area contributed by atoms with E-state index in [2.05, 4.69) is 182 Å². The van der Waals surface area contributed by atoms with Gasteiger partial charge in [-0.25, -0.2) is 15.0 Å². The Morgan fingerprint density at radius 1 is 0.305 bits per heavy atom. The van der Waals surface area contributed by atoms with E-state index in [0.29, 0.717) is 5.82 Å². The van der Waals surface area contributed by atoms with E-state index < -0.39 is 0 Å². The van der Waals surface area contributed by atoms with Crippen molar-refractivity contribution in [2.24, 2.45) is 0 Å². The zero-order valence-electron chi connectivity index (χ0n) is 32.0. The maximum Gasteiger partial charge on any atom is 0.160 e. The highest BCUT2D eigenvalue weighted by Gasteiger charge is 2.19. The lowest BCUT2D eigenvalue weighted by atomic mass is 9.99. The molecule has 59 heavy (non-hydrogen) atoms. The molecule has 3 heterocycles. The number of para-hydroxylation sites is 1. The van der Waals surface area contributed by atoms with Crippen molar-refractivity contribution in [3.63, 3.8) is 0 Å². The first kappa shape index (κ1) is 34.3. The largest absolute Gasteiger partial charge is 0.455 e. The van der Waals surface area contributed by atoms with Gasteiger partial charge in [0.1, 0.15) is 11.2 Å². The molecule has 4 heteroatoms. The van der Waals surface area contributed by atoms with E-state index >= 15 is 0 Å². The second-order valence-corrected chi connectivity index (χ2v) is 14.8. The molecule has 0 saturated carbocycles. The fraction of sp³-hybridized carbons (Fsp3) is 0. The van der Waals surface area contributed by atoms with Crippen LogP contribution < -0.4 is 0 Å². The van der Waals surface area contributed by atoms with Gasteiger partial charge in [-0.1, -0.05) is 188 Å². The third-order valence-electron chi connectivity index (χ3n) is 11.1. The van der Waals surface area contributed by atoms with Crippen LogP contribution in [0.15, 0.2) is 217 Å². The molecule has 8 aromatic carbocycles. The van der Waals surface area contributed by atoms with Crippen LogP contribution in [-0.4, -0.2) is 15.0 Å². The van der Waals surface area contributed by atoms with Gasteiger partial charge in [0.05, 0.1) is 28.0 Å². The van der Waals surface area contributed by atoms with Gasteiger partial charge in [0.25, 0.3) is 0 Å². The lowest BCUT2D eigenvalue weighted by molar-refractivity contribution is 0.672. The van der Waals surface area contributed by atoms with Crippen molar-refractivity contribution in [1.82, 2.24) is 15.0 Å². The average Bonchev–Trinajstić information content (AvgIpc) is 3.72. The quantitative estimate of drug-likeness (QED) is 0.163. The highest BCUT2D eigenvalue weighted by molar-refractivity contribution is 6.19. The number of hydrogen-bond donors (Lipinski definition) is 0. The fourth-order valence-corrected chi connectivity index (χ4v) is 8.06. The van der Waals surface area contributed by atoms with E-state index in [9.17, 15) is 0 Å². The van der Waals surface area contributed by atoms with Gasteiger partial charge in [-0.2, -0.15) is 0 Å². The monoisotopic (exact) mass is 753 g/mol. The zero-order chi connectivity index (χ0) is 39.1. The number of benzene rings is 8. The smallest absolute Gasteiger partial charge is 0.160 e. The van der Waals surface area contributed by atoms with E-state index in [1.807, 2.05) is 30.3 Å². The van der Waals surface area contributed by atoms with Crippen molar-refractivity contribution in [3.05, 3.63) is 212 Å². The second kappa shape index (κ2) is 14.5. The van der Waals surface area contributed by atoms with Crippen LogP contribution >= 0.6 is 0 Å². The van der Waals surface area contributed by atoms with Crippen molar-refractivity contribution in [2.45, 2.75) is 0 Å². The Kier molecular flexibility index (Phi) is 8.45. The molecule has 0 saturated heterocycles. The predicted molar refractivity (Wildman–Crippen MR) is 243 cm³/mol. The molecular weight excluding hydrogens is 719 g/mol. The number of furan rings is 1. The minimum atomic E-state index is 0.654. The molecule has 0 spiro atoms. The summed E-state index contributed by atoms with van der Waals surface area (Å²) in [6, 6.07) is 73.8. The van der Waals surface area contributed by atoms with Gasteiger partial charge >= 0.3 is 0 Å². The molecule has 11 rings (SSSR count). The second-order valence-electron chi connectivity index (χ2n) is 14.8. The van der Waals surface area contributed by atoms with Crippen molar-refractivity contribution >= 4 is 32.8 Å². The highest BCUT2D eigenvalue weighted by atomic mass is 16.3. The molecule has 0 fully saturated rings. The van der Waals surface area contributed by atoms with E-state index in [-0.39, 0.29) is 0 Å². The topological polar surface area (TPSA) is 51.8 Å². The van der Waals surface area contributed by atoms with Crippen molar-refractivity contribution in [1.29, 1.82) is 0 Å². The van der Waals surface area contributed by atoms with Gasteiger partial charge in [0.15, 0.2) is 5.82 Å². The molecule has 0 aliphatic rings. The lowest BCUT2D eigenvalue weighted by Gasteiger charge is -2.12. The molecule has 0 unspecified atom stereocenters. The maximum absolute atomic E-state index is 6.58. The Bertz CT molecular complexity index is 3170. The van der Waals surface area contributed by atoms with Crippen LogP contribution in [0.25, 0.3) is 111 Å². The van der Waals surface area contributed by atoms with Crippen LogP contribution in [0.1, 0.15) is 0 Å². The summed E-state index contributed by atoms with van der Waals surface area (Å²) in [4.78, 5) is 15.7. The molecule has 276 valence electrons. The SMILES string of the molecule is c1ccc(-c2ccc(-c3cc(-c4ccc(-c5ccccc5)cc4)nc(-c4ccc(-c5nc6cc(-c7ccccc7)ccc6c6oc7ccccc7c56)cc4)n3)cc2)cc1. The fourth-order valence-electron chi connectivity index (χ4n) is 8.06. The van der Waals surface area contributed by atoms with Crippen molar-refractivity contribution in [2.75, 3.05) is 0 Å². The first-order valence-electron chi connectivity index (χ1n) is 19.8.